The van der Waals surface area contributed by atoms with E-state index in [9.17, 15) is 4.39 Å². The van der Waals surface area contributed by atoms with Gasteiger partial charge in [0.1, 0.15) is 0 Å². The maximum atomic E-state index is 13.4. The highest BCUT2D eigenvalue weighted by molar-refractivity contribution is 5.14. The summed E-state index contributed by atoms with van der Waals surface area (Å²) in [5.41, 5.74) is -0.269. The van der Waals surface area contributed by atoms with Crippen LogP contribution >= 0.6 is 0 Å². The Hall–Kier alpha value is -0.990. The maximum Gasteiger partial charge on any atom is 0.170 e. The minimum atomic E-state index is -1.19. The van der Waals surface area contributed by atoms with Crippen molar-refractivity contribution in [1.29, 1.82) is 0 Å². The van der Waals surface area contributed by atoms with Crippen LogP contribution in [0, 0.1) is 0 Å². The van der Waals surface area contributed by atoms with Crippen LogP contribution in [0.4, 0.5) is 4.39 Å². The molecule has 1 aliphatic rings. The zero-order valence-electron chi connectivity index (χ0n) is 9.05. The lowest BCUT2D eigenvalue weighted by Crippen LogP contribution is -2.06. The highest BCUT2D eigenvalue weighted by Crippen LogP contribution is 2.47. The first-order chi connectivity index (χ1) is 6.74. The smallest absolute Gasteiger partial charge is 0.170 e. The van der Waals surface area contributed by atoms with Crippen LogP contribution in [0.3, 0.4) is 0 Å². The number of hydrogen-bond acceptors (Lipinski definition) is 2. The Balaban J connectivity index is 0.000000461. The van der Waals surface area contributed by atoms with E-state index in [1.54, 1.807) is 6.20 Å². The molecular weight excluding hydrogens is 179 g/mol. The largest absolute Gasteiger partial charge is 0.238 e. The molecule has 1 saturated carbocycles. The summed E-state index contributed by atoms with van der Waals surface area (Å²) < 4.78 is 13.4. The summed E-state index contributed by atoms with van der Waals surface area (Å²) in [4.78, 5) is 8.07. The molecule has 0 spiro atoms. The van der Waals surface area contributed by atoms with Crippen LogP contribution < -0.4 is 0 Å². The molecule has 1 aromatic heterocycles. The van der Waals surface area contributed by atoms with Gasteiger partial charge in [-0.2, -0.15) is 0 Å². The Morgan fingerprint density at radius 1 is 1.43 bits per heavy atom. The third kappa shape index (κ3) is 2.28. The van der Waals surface area contributed by atoms with Gasteiger partial charge in [-0.15, -0.1) is 0 Å². The lowest BCUT2D eigenvalue weighted by molar-refractivity contribution is 0.299. The molecular formula is C11H17FN2. The molecule has 1 heterocycles. The zero-order valence-corrected chi connectivity index (χ0v) is 9.05. The van der Waals surface area contributed by atoms with Crippen molar-refractivity contribution in [3.05, 3.63) is 23.8 Å². The fourth-order valence-corrected chi connectivity index (χ4v) is 1.14. The van der Waals surface area contributed by atoms with E-state index in [1.807, 2.05) is 26.8 Å². The predicted molar refractivity (Wildman–Crippen MR) is 54.8 cm³/mol. The minimum Gasteiger partial charge on any atom is -0.238 e. The minimum absolute atomic E-state index is 0.377. The Morgan fingerprint density at radius 3 is 2.57 bits per heavy atom. The molecule has 78 valence electrons. The van der Waals surface area contributed by atoms with E-state index in [0.717, 1.165) is 12.1 Å². The lowest BCUT2D eigenvalue weighted by Gasteiger charge is -2.03. The van der Waals surface area contributed by atoms with Crippen LogP contribution in [0.5, 0.6) is 0 Å². The average molecular weight is 196 g/mol. The average Bonchev–Trinajstić information content (AvgIpc) is 3.01. The monoisotopic (exact) mass is 196 g/mol. The second kappa shape index (κ2) is 4.49. The van der Waals surface area contributed by atoms with Crippen molar-refractivity contribution in [2.24, 2.45) is 0 Å². The van der Waals surface area contributed by atoms with E-state index in [2.05, 4.69) is 9.97 Å². The van der Waals surface area contributed by atoms with Crippen molar-refractivity contribution in [2.45, 2.75) is 45.7 Å². The highest BCUT2D eigenvalue weighted by atomic mass is 19.1. The van der Waals surface area contributed by atoms with Crippen LogP contribution in [-0.4, -0.2) is 9.97 Å². The standard InChI is InChI=1S/C9H11FN2.C2H6/c1-2-7-3-6-11-8(12-7)9(10)4-5-9;1-2/h3,6H,2,4-5H2,1H3;1-2H3. The van der Waals surface area contributed by atoms with E-state index in [1.165, 1.54) is 0 Å². The Kier molecular flexibility index (Phi) is 3.55. The number of halogens is 1. The molecule has 0 saturated heterocycles. The van der Waals surface area contributed by atoms with E-state index < -0.39 is 5.67 Å². The van der Waals surface area contributed by atoms with Crippen molar-refractivity contribution >= 4 is 0 Å². The van der Waals surface area contributed by atoms with Crippen LogP contribution in [-0.2, 0) is 12.1 Å². The Labute approximate surface area is 84.6 Å². The van der Waals surface area contributed by atoms with Gasteiger partial charge in [0.25, 0.3) is 0 Å². The van der Waals surface area contributed by atoms with Crippen molar-refractivity contribution in [3.8, 4) is 0 Å². The SMILES string of the molecule is CC.CCc1ccnc(C2(F)CC2)n1. The molecule has 2 rings (SSSR count). The van der Waals surface area contributed by atoms with E-state index in [4.69, 9.17) is 0 Å². The third-order valence-corrected chi connectivity index (χ3v) is 2.17. The van der Waals surface area contributed by atoms with Crippen molar-refractivity contribution in [2.75, 3.05) is 0 Å². The molecule has 0 aromatic carbocycles. The second-order valence-electron chi connectivity index (χ2n) is 3.19. The summed E-state index contributed by atoms with van der Waals surface area (Å²) in [7, 11) is 0. The molecule has 0 unspecified atom stereocenters. The van der Waals surface area contributed by atoms with E-state index in [-0.39, 0.29) is 0 Å². The fourth-order valence-electron chi connectivity index (χ4n) is 1.14. The Morgan fingerprint density at radius 2 is 2.07 bits per heavy atom. The predicted octanol–water partition coefficient (Wildman–Crippen LogP) is 3.02. The third-order valence-electron chi connectivity index (χ3n) is 2.17. The normalized spacial score (nSPS) is 16.9. The molecule has 0 radical (unpaired) electrons. The number of hydrogen-bond donors (Lipinski definition) is 0. The molecule has 1 aromatic rings. The molecule has 0 bridgehead atoms. The first kappa shape index (κ1) is 11.1. The van der Waals surface area contributed by atoms with Crippen molar-refractivity contribution in [1.82, 2.24) is 9.97 Å². The Bertz CT molecular complexity index is 295. The van der Waals surface area contributed by atoms with Gasteiger partial charge in [-0.05, 0) is 25.3 Å². The van der Waals surface area contributed by atoms with Gasteiger partial charge in [-0.25, -0.2) is 14.4 Å². The first-order valence-corrected chi connectivity index (χ1v) is 5.26. The highest BCUT2D eigenvalue weighted by Gasteiger charge is 2.47. The molecule has 3 heteroatoms. The number of aryl methyl sites for hydroxylation is 1. The molecule has 0 N–H and O–H groups in total. The molecule has 1 fully saturated rings. The maximum absolute atomic E-state index is 13.4. The number of alkyl halides is 1. The summed E-state index contributed by atoms with van der Waals surface area (Å²) in [6.07, 6.45) is 3.65. The van der Waals surface area contributed by atoms with Crippen molar-refractivity contribution in [3.63, 3.8) is 0 Å². The van der Waals surface area contributed by atoms with Gasteiger partial charge in [0.15, 0.2) is 11.5 Å². The lowest BCUT2D eigenvalue weighted by atomic mass is 10.3. The molecule has 1 aliphatic carbocycles. The molecule has 2 nitrogen and oxygen atoms in total. The topological polar surface area (TPSA) is 25.8 Å². The molecule has 14 heavy (non-hydrogen) atoms. The molecule has 0 amide bonds. The summed E-state index contributed by atoms with van der Waals surface area (Å²) in [6.45, 7) is 6.00. The summed E-state index contributed by atoms with van der Waals surface area (Å²) in [6, 6.07) is 1.83. The fraction of sp³-hybridized carbons (Fsp3) is 0.636. The van der Waals surface area contributed by atoms with Gasteiger partial charge in [-0.3, -0.25) is 0 Å². The summed E-state index contributed by atoms with van der Waals surface area (Å²) in [5, 5.41) is 0. The van der Waals surface area contributed by atoms with Crippen LogP contribution in [0.1, 0.15) is 45.1 Å². The number of aromatic nitrogens is 2. The van der Waals surface area contributed by atoms with Gasteiger partial charge in [-0.1, -0.05) is 20.8 Å². The zero-order chi connectivity index (χ0) is 10.6. The molecule has 0 aliphatic heterocycles. The van der Waals surface area contributed by atoms with Crippen LogP contribution in [0.15, 0.2) is 12.3 Å². The van der Waals surface area contributed by atoms with Gasteiger partial charge in [0, 0.05) is 11.9 Å². The van der Waals surface area contributed by atoms with E-state index in [0.29, 0.717) is 18.7 Å². The quantitative estimate of drug-likeness (QED) is 0.726. The van der Waals surface area contributed by atoms with Crippen LogP contribution in [0.25, 0.3) is 0 Å². The van der Waals surface area contributed by atoms with Gasteiger partial charge in [0.2, 0.25) is 0 Å². The van der Waals surface area contributed by atoms with Gasteiger partial charge >= 0.3 is 0 Å². The van der Waals surface area contributed by atoms with E-state index >= 15 is 0 Å². The van der Waals surface area contributed by atoms with Gasteiger partial charge in [0.05, 0.1) is 0 Å². The number of nitrogens with zero attached hydrogens (tertiary/aromatic N) is 2. The molecule has 0 atom stereocenters. The number of rotatable bonds is 2. The van der Waals surface area contributed by atoms with Gasteiger partial charge < -0.3 is 0 Å². The summed E-state index contributed by atoms with van der Waals surface area (Å²) >= 11 is 0. The van der Waals surface area contributed by atoms with Crippen molar-refractivity contribution < 1.29 is 4.39 Å². The first-order valence-electron chi connectivity index (χ1n) is 5.26. The van der Waals surface area contributed by atoms with Crippen LogP contribution in [0.2, 0.25) is 0 Å². The summed E-state index contributed by atoms with van der Waals surface area (Å²) in [5.74, 6) is 0.377. The second-order valence-corrected chi connectivity index (χ2v) is 3.19.